The number of carboxylic acid groups (broad SMARTS) is 1. The van der Waals surface area contributed by atoms with Crippen LogP contribution >= 0.6 is 0 Å². The van der Waals surface area contributed by atoms with Crippen molar-refractivity contribution in [1.82, 2.24) is 29.7 Å². The highest BCUT2D eigenvalue weighted by Gasteiger charge is 2.36. The Morgan fingerprint density at radius 3 is 2.45 bits per heavy atom. The molecule has 10 nitrogen and oxygen atoms in total. The Labute approximate surface area is 187 Å². The molecular formula is C23H20N6O4. The lowest BCUT2D eigenvalue weighted by molar-refractivity contribution is 0.0636. The Morgan fingerprint density at radius 1 is 0.970 bits per heavy atom. The number of carbonyl (C=O) groups is 3. The average Bonchev–Trinajstić information content (AvgIpc) is 3.29. The summed E-state index contributed by atoms with van der Waals surface area (Å²) in [7, 11) is 0. The number of imidazole rings is 1. The van der Waals surface area contributed by atoms with Crippen LogP contribution in [0.15, 0.2) is 48.8 Å². The van der Waals surface area contributed by atoms with Gasteiger partial charge in [0.1, 0.15) is 16.9 Å². The topological polar surface area (TPSA) is 130 Å². The minimum absolute atomic E-state index is 0.0166. The second-order valence-corrected chi connectivity index (χ2v) is 7.72. The number of amides is 3. The van der Waals surface area contributed by atoms with E-state index < -0.39 is 6.09 Å². The average molecular weight is 444 g/mol. The maximum atomic E-state index is 12.9. The monoisotopic (exact) mass is 444 g/mol. The first-order chi connectivity index (χ1) is 16.0. The zero-order valence-electron chi connectivity index (χ0n) is 17.6. The van der Waals surface area contributed by atoms with Gasteiger partial charge >= 0.3 is 6.09 Å². The normalized spacial score (nSPS) is 13.2. The Balaban J connectivity index is 1.51. The predicted octanol–water partition coefficient (Wildman–Crippen LogP) is 2.82. The quantitative estimate of drug-likeness (QED) is 0.331. The van der Waals surface area contributed by atoms with Gasteiger partial charge in [0.2, 0.25) is 0 Å². The third-order valence-corrected chi connectivity index (χ3v) is 5.67. The Kier molecular flexibility index (Phi) is 5.17. The van der Waals surface area contributed by atoms with E-state index >= 15 is 0 Å². The number of unbranched alkanes of at least 4 members (excludes halogenated alkanes) is 1. The van der Waals surface area contributed by atoms with Gasteiger partial charge in [-0.3, -0.25) is 24.5 Å². The lowest BCUT2D eigenvalue weighted by Gasteiger charge is -2.15. The maximum absolute atomic E-state index is 12.9. The van der Waals surface area contributed by atoms with E-state index in [2.05, 4.69) is 20.3 Å². The van der Waals surface area contributed by atoms with Crippen LogP contribution in [0.5, 0.6) is 0 Å². The van der Waals surface area contributed by atoms with Crippen molar-refractivity contribution in [3.63, 3.8) is 0 Å². The lowest BCUT2D eigenvalue weighted by atomic mass is 10.1. The summed E-state index contributed by atoms with van der Waals surface area (Å²) >= 11 is 0. The van der Waals surface area contributed by atoms with Gasteiger partial charge in [0.05, 0.1) is 34.9 Å². The summed E-state index contributed by atoms with van der Waals surface area (Å²) in [6.45, 7) is 0.866. The minimum Gasteiger partial charge on any atom is -0.465 e. The molecule has 0 radical (unpaired) electrons. The van der Waals surface area contributed by atoms with Crippen LogP contribution in [0.1, 0.15) is 39.4 Å². The number of pyridine rings is 2. The molecule has 0 fully saturated rings. The molecule has 0 aliphatic carbocycles. The van der Waals surface area contributed by atoms with Gasteiger partial charge in [-0.25, -0.2) is 9.78 Å². The van der Waals surface area contributed by atoms with Crippen LogP contribution in [0, 0.1) is 0 Å². The zero-order valence-corrected chi connectivity index (χ0v) is 17.6. The summed E-state index contributed by atoms with van der Waals surface area (Å²) in [5, 5.41) is 11.1. The molecule has 1 aliphatic rings. The summed E-state index contributed by atoms with van der Waals surface area (Å²) in [5.41, 5.74) is 3.57. The summed E-state index contributed by atoms with van der Waals surface area (Å²) in [5.74, 6) is -0.146. The highest BCUT2D eigenvalue weighted by Crippen LogP contribution is 2.28. The van der Waals surface area contributed by atoms with Gasteiger partial charge < -0.3 is 15.0 Å². The van der Waals surface area contributed by atoms with Crippen molar-refractivity contribution in [2.24, 2.45) is 0 Å². The van der Waals surface area contributed by atoms with E-state index in [1.165, 1.54) is 4.90 Å². The minimum atomic E-state index is -1.06. The van der Waals surface area contributed by atoms with E-state index in [4.69, 9.17) is 5.11 Å². The molecule has 0 atom stereocenters. The van der Waals surface area contributed by atoms with Crippen LogP contribution in [0.3, 0.4) is 0 Å². The molecule has 4 heterocycles. The Hall–Kier alpha value is -4.34. The number of nitrogens with one attached hydrogen (secondary N) is 1. The Morgan fingerprint density at radius 2 is 1.73 bits per heavy atom. The molecule has 10 heteroatoms. The molecule has 4 aromatic rings. The molecular weight excluding hydrogens is 424 g/mol. The number of hydrogen-bond acceptors (Lipinski definition) is 6. The molecule has 0 saturated carbocycles. The molecule has 5 rings (SSSR count). The summed E-state index contributed by atoms with van der Waals surface area (Å²) in [4.78, 5) is 51.3. The van der Waals surface area contributed by atoms with Crippen molar-refractivity contribution >= 4 is 40.0 Å². The number of hydrogen-bond donors (Lipinski definition) is 2. The number of rotatable bonds is 7. The fourth-order valence-electron chi connectivity index (χ4n) is 4.15. The molecule has 166 valence electrons. The number of fused-ring (bicyclic) bond motifs is 4. The van der Waals surface area contributed by atoms with Crippen LogP contribution in [0.25, 0.3) is 22.1 Å². The van der Waals surface area contributed by atoms with Gasteiger partial charge in [-0.05, 0) is 37.1 Å². The maximum Gasteiger partial charge on any atom is 0.404 e. The van der Waals surface area contributed by atoms with Gasteiger partial charge in [0.25, 0.3) is 11.8 Å². The standard InChI is InChI=1S/C23H20N6O4/c30-21-14-6-1-2-7-15(14)22(31)29(21)13-18-27-17-12-26-16-8-5-10-24-19(16)20(17)28(18)11-4-3-9-25-23(32)33/h1-2,5-8,10,12,25H,3-4,9,11,13H2,(H,32,33). The van der Waals surface area contributed by atoms with Gasteiger partial charge in [-0.15, -0.1) is 0 Å². The largest absolute Gasteiger partial charge is 0.465 e. The van der Waals surface area contributed by atoms with Crippen LogP contribution < -0.4 is 5.32 Å². The van der Waals surface area contributed by atoms with Crippen LogP contribution in [0.4, 0.5) is 4.79 Å². The zero-order chi connectivity index (χ0) is 22.9. The Bertz CT molecular complexity index is 1380. The van der Waals surface area contributed by atoms with Gasteiger partial charge in [-0.1, -0.05) is 12.1 Å². The second kappa shape index (κ2) is 8.30. The molecule has 33 heavy (non-hydrogen) atoms. The first-order valence-corrected chi connectivity index (χ1v) is 10.6. The number of benzene rings is 1. The molecule has 3 amide bonds. The number of aryl methyl sites for hydroxylation is 1. The second-order valence-electron chi connectivity index (χ2n) is 7.72. The van der Waals surface area contributed by atoms with Crippen molar-refractivity contribution in [3.05, 3.63) is 65.7 Å². The first-order valence-electron chi connectivity index (χ1n) is 10.6. The van der Waals surface area contributed by atoms with Crippen molar-refractivity contribution in [1.29, 1.82) is 0 Å². The number of nitrogens with zero attached hydrogens (tertiary/aromatic N) is 5. The van der Waals surface area contributed by atoms with Crippen molar-refractivity contribution in [2.45, 2.75) is 25.9 Å². The van der Waals surface area contributed by atoms with Crippen LogP contribution in [-0.4, -0.2) is 54.0 Å². The fraction of sp³-hybridized carbons (Fsp3) is 0.217. The summed E-state index contributed by atoms with van der Waals surface area (Å²) in [6.07, 6.45) is 3.57. The molecule has 1 aromatic carbocycles. The van der Waals surface area contributed by atoms with E-state index in [-0.39, 0.29) is 18.4 Å². The molecule has 0 saturated heterocycles. The van der Waals surface area contributed by atoms with E-state index in [9.17, 15) is 14.4 Å². The fourth-order valence-corrected chi connectivity index (χ4v) is 4.15. The van der Waals surface area contributed by atoms with Crippen LogP contribution in [0.2, 0.25) is 0 Å². The van der Waals surface area contributed by atoms with E-state index in [1.807, 2.05) is 10.6 Å². The van der Waals surface area contributed by atoms with Crippen molar-refractivity contribution in [3.8, 4) is 0 Å². The van der Waals surface area contributed by atoms with Gasteiger partial charge in [-0.2, -0.15) is 0 Å². The summed E-state index contributed by atoms with van der Waals surface area (Å²) in [6, 6.07) is 10.4. The van der Waals surface area contributed by atoms with Crippen molar-refractivity contribution < 1.29 is 19.5 Å². The molecule has 3 aromatic heterocycles. The van der Waals surface area contributed by atoms with E-state index in [1.54, 1.807) is 42.7 Å². The van der Waals surface area contributed by atoms with Gasteiger partial charge in [0, 0.05) is 19.3 Å². The SMILES string of the molecule is O=C(O)NCCCCn1c(CN2C(=O)c3ccccc3C2=O)nc2cnc3cccnc3c21. The third kappa shape index (κ3) is 3.65. The number of carbonyl (C=O) groups excluding carboxylic acids is 2. The summed E-state index contributed by atoms with van der Waals surface area (Å²) < 4.78 is 1.96. The predicted molar refractivity (Wildman–Crippen MR) is 119 cm³/mol. The van der Waals surface area contributed by atoms with Crippen molar-refractivity contribution in [2.75, 3.05) is 6.54 Å². The van der Waals surface area contributed by atoms with Crippen LogP contribution in [-0.2, 0) is 13.1 Å². The smallest absolute Gasteiger partial charge is 0.404 e. The lowest BCUT2D eigenvalue weighted by Crippen LogP contribution is -2.30. The number of aromatic nitrogens is 4. The number of imide groups is 1. The van der Waals surface area contributed by atoms with E-state index in [0.29, 0.717) is 59.4 Å². The van der Waals surface area contributed by atoms with E-state index in [0.717, 1.165) is 5.52 Å². The molecule has 0 bridgehead atoms. The first kappa shape index (κ1) is 20.6. The van der Waals surface area contributed by atoms with Gasteiger partial charge in [0.15, 0.2) is 0 Å². The highest BCUT2D eigenvalue weighted by molar-refractivity contribution is 6.21. The highest BCUT2D eigenvalue weighted by atomic mass is 16.4. The molecule has 0 spiro atoms. The third-order valence-electron chi connectivity index (χ3n) is 5.67. The molecule has 1 aliphatic heterocycles. The molecule has 2 N–H and O–H groups in total. The molecule has 0 unspecified atom stereocenters.